The van der Waals surface area contributed by atoms with Gasteiger partial charge in [-0.2, -0.15) is 0 Å². The van der Waals surface area contributed by atoms with Gasteiger partial charge in [0.05, 0.1) is 6.61 Å². The first-order chi connectivity index (χ1) is 8.69. The van der Waals surface area contributed by atoms with E-state index >= 15 is 0 Å². The number of hydrogen-bond donors (Lipinski definition) is 1. The maximum absolute atomic E-state index is 6.08. The van der Waals surface area contributed by atoms with Crippen molar-refractivity contribution in [2.24, 2.45) is 5.92 Å². The van der Waals surface area contributed by atoms with Crippen molar-refractivity contribution in [3.05, 3.63) is 18.2 Å². The van der Waals surface area contributed by atoms with Crippen molar-refractivity contribution in [3.8, 4) is 11.5 Å². The van der Waals surface area contributed by atoms with Gasteiger partial charge in [-0.05, 0) is 32.1 Å². The summed E-state index contributed by atoms with van der Waals surface area (Å²) >= 11 is 0. The van der Waals surface area contributed by atoms with Crippen LogP contribution in [0, 0.1) is 5.92 Å². The van der Waals surface area contributed by atoms with E-state index in [2.05, 4.69) is 6.92 Å². The van der Waals surface area contributed by atoms with Crippen LogP contribution in [0.2, 0.25) is 0 Å². The topological polar surface area (TPSA) is 44.5 Å². The molecule has 1 saturated carbocycles. The van der Waals surface area contributed by atoms with Gasteiger partial charge in [0.15, 0.2) is 0 Å². The van der Waals surface area contributed by atoms with E-state index in [0.717, 1.165) is 17.9 Å². The third-order valence-electron chi connectivity index (χ3n) is 3.53. The normalized spacial score (nSPS) is 23.7. The van der Waals surface area contributed by atoms with E-state index in [1.54, 1.807) is 0 Å². The second-order valence-electron chi connectivity index (χ2n) is 5.09. The minimum Gasteiger partial charge on any atom is -0.494 e. The smallest absolute Gasteiger partial charge is 0.125 e. The molecule has 1 aliphatic rings. The van der Waals surface area contributed by atoms with Crippen LogP contribution in [0.4, 0.5) is 5.69 Å². The number of nitrogen functional groups attached to an aromatic ring is 1. The largest absolute Gasteiger partial charge is 0.494 e. The molecule has 0 saturated heterocycles. The van der Waals surface area contributed by atoms with Crippen LogP contribution in [0.1, 0.15) is 39.5 Å². The molecule has 0 aliphatic heterocycles. The zero-order valence-corrected chi connectivity index (χ0v) is 11.3. The fraction of sp³-hybridized carbons (Fsp3) is 0.600. The quantitative estimate of drug-likeness (QED) is 0.829. The summed E-state index contributed by atoms with van der Waals surface area (Å²) in [5, 5.41) is 0. The Morgan fingerprint density at radius 1 is 1.17 bits per heavy atom. The highest BCUT2D eigenvalue weighted by Crippen LogP contribution is 2.31. The van der Waals surface area contributed by atoms with Crippen molar-refractivity contribution in [1.29, 1.82) is 0 Å². The third kappa shape index (κ3) is 3.31. The molecule has 0 radical (unpaired) electrons. The molecule has 0 aromatic heterocycles. The lowest BCUT2D eigenvalue weighted by molar-refractivity contribution is 0.102. The standard InChI is InChI=1S/C15H23NO2/c1-3-17-13-8-12(16)9-14(10-13)18-15-7-5-4-6-11(15)2/h8-11,15H,3-7,16H2,1-2H3. The van der Waals surface area contributed by atoms with Crippen LogP contribution < -0.4 is 15.2 Å². The Bertz CT molecular complexity index is 392. The summed E-state index contributed by atoms with van der Waals surface area (Å²) in [6.45, 7) is 4.87. The van der Waals surface area contributed by atoms with E-state index < -0.39 is 0 Å². The first kappa shape index (κ1) is 13.1. The molecule has 3 nitrogen and oxygen atoms in total. The fourth-order valence-corrected chi connectivity index (χ4v) is 2.54. The van der Waals surface area contributed by atoms with Crippen LogP contribution in [-0.4, -0.2) is 12.7 Å². The highest BCUT2D eigenvalue weighted by Gasteiger charge is 2.23. The van der Waals surface area contributed by atoms with Crippen molar-refractivity contribution < 1.29 is 9.47 Å². The molecule has 0 heterocycles. The molecule has 1 aromatic carbocycles. The average molecular weight is 249 g/mol. The van der Waals surface area contributed by atoms with Crippen molar-refractivity contribution >= 4 is 5.69 Å². The Balaban J connectivity index is 2.07. The van der Waals surface area contributed by atoms with Gasteiger partial charge in [0.1, 0.15) is 17.6 Å². The molecule has 18 heavy (non-hydrogen) atoms. The zero-order chi connectivity index (χ0) is 13.0. The minimum absolute atomic E-state index is 0.315. The second kappa shape index (κ2) is 5.98. The summed E-state index contributed by atoms with van der Waals surface area (Å²) < 4.78 is 11.6. The summed E-state index contributed by atoms with van der Waals surface area (Å²) in [6, 6.07) is 5.64. The van der Waals surface area contributed by atoms with Gasteiger partial charge in [-0.25, -0.2) is 0 Å². The van der Waals surface area contributed by atoms with Gasteiger partial charge in [0, 0.05) is 23.9 Å². The molecular weight excluding hydrogens is 226 g/mol. The van der Waals surface area contributed by atoms with Crippen molar-refractivity contribution in [2.75, 3.05) is 12.3 Å². The highest BCUT2D eigenvalue weighted by atomic mass is 16.5. The number of benzene rings is 1. The van der Waals surface area contributed by atoms with Gasteiger partial charge < -0.3 is 15.2 Å². The Morgan fingerprint density at radius 2 is 1.89 bits per heavy atom. The maximum atomic E-state index is 6.08. The maximum Gasteiger partial charge on any atom is 0.125 e. The molecule has 0 spiro atoms. The average Bonchev–Trinajstić information content (AvgIpc) is 2.32. The van der Waals surface area contributed by atoms with E-state index in [9.17, 15) is 0 Å². The summed E-state index contributed by atoms with van der Waals surface area (Å²) in [7, 11) is 0. The Morgan fingerprint density at radius 3 is 2.61 bits per heavy atom. The molecule has 3 heteroatoms. The van der Waals surface area contributed by atoms with E-state index in [0.29, 0.717) is 24.3 Å². The molecule has 100 valence electrons. The Labute approximate surface area is 109 Å². The molecule has 0 amide bonds. The number of rotatable bonds is 4. The summed E-state index contributed by atoms with van der Waals surface area (Å²) in [5.74, 6) is 2.24. The van der Waals surface area contributed by atoms with E-state index in [4.69, 9.17) is 15.2 Å². The van der Waals surface area contributed by atoms with Gasteiger partial charge in [-0.1, -0.05) is 13.3 Å². The number of ether oxygens (including phenoxy) is 2. The van der Waals surface area contributed by atoms with Crippen LogP contribution in [0.15, 0.2) is 18.2 Å². The monoisotopic (exact) mass is 249 g/mol. The lowest BCUT2D eigenvalue weighted by Crippen LogP contribution is -2.28. The number of nitrogens with two attached hydrogens (primary N) is 1. The third-order valence-corrected chi connectivity index (χ3v) is 3.53. The van der Waals surface area contributed by atoms with Gasteiger partial charge in [0.2, 0.25) is 0 Å². The van der Waals surface area contributed by atoms with Gasteiger partial charge >= 0.3 is 0 Å². The van der Waals surface area contributed by atoms with Crippen LogP contribution >= 0.6 is 0 Å². The Hall–Kier alpha value is -1.38. The van der Waals surface area contributed by atoms with Gasteiger partial charge in [-0.3, -0.25) is 0 Å². The van der Waals surface area contributed by atoms with Crippen LogP contribution in [0.5, 0.6) is 11.5 Å². The SMILES string of the molecule is CCOc1cc(N)cc(OC2CCCCC2C)c1. The molecule has 2 rings (SSSR count). The zero-order valence-electron chi connectivity index (χ0n) is 11.3. The first-order valence-electron chi connectivity index (χ1n) is 6.89. The molecule has 2 N–H and O–H groups in total. The molecular formula is C15H23NO2. The molecule has 1 aliphatic carbocycles. The first-order valence-corrected chi connectivity index (χ1v) is 6.89. The van der Waals surface area contributed by atoms with Gasteiger partial charge in [0.25, 0.3) is 0 Å². The van der Waals surface area contributed by atoms with Crippen LogP contribution in [0.25, 0.3) is 0 Å². The summed E-state index contributed by atoms with van der Waals surface area (Å²) in [6.07, 6.45) is 5.29. The fourth-order valence-electron chi connectivity index (χ4n) is 2.54. The number of anilines is 1. The van der Waals surface area contributed by atoms with E-state index in [1.165, 1.54) is 19.3 Å². The predicted octanol–water partition coefficient (Wildman–Crippen LogP) is 3.63. The van der Waals surface area contributed by atoms with Crippen molar-refractivity contribution in [1.82, 2.24) is 0 Å². The Kier molecular flexibility index (Phi) is 4.34. The van der Waals surface area contributed by atoms with E-state index in [-0.39, 0.29) is 0 Å². The lowest BCUT2D eigenvalue weighted by Gasteiger charge is -2.29. The molecule has 0 bridgehead atoms. The second-order valence-corrected chi connectivity index (χ2v) is 5.09. The van der Waals surface area contributed by atoms with Crippen LogP contribution in [-0.2, 0) is 0 Å². The highest BCUT2D eigenvalue weighted by molar-refractivity contribution is 5.50. The molecule has 1 fully saturated rings. The van der Waals surface area contributed by atoms with Crippen LogP contribution in [0.3, 0.4) is 0 Å². The number of hydrogen-bond acceptors (Lipinski definition) is 3. The minimum atomic E-state index is 0.315. The van der Waals surface area contributed by atoms with E-state index in [1.807, 2.05) is 25.1 Å². The molecule has 2 atom stereocenters. The lowest BCUT2D eigenvalue weighted by atomic mass is 9.88. The summed E-state index contributed by atoms with van der Waals surface area (Å²) in [5.41, 5.74) is 6.56. The predicted molar refractivity (Wildman–Crippen MR) is 74.1 cm³/mol. The van der Waals surface area contributed by atoms with Crippen molar-refractivity contribution in [3.63, 3.8) is 0 Å². The van der Waals surface area contributed by atoms with Gasteiger partial charge in [-0.15, -0.1) is 0 Å². The molecule has 1 aromatic rings. The van der Waals surface area contributed by atoms with Crippen molar-refractivity contribution in [2.45, 2.75) is 45.6 Å². The molecule has 2 unspecified atom stereocenters. The summed E-state index contributed by atoms with van der Waals surface area (Å²) in [4.78, 5) is 0.